The van der Waals surface area contributed by atoms with Gasteiger partial charge < -0.3 is 15.3 Å². The summed E-state index contributed by atoms with van der Waals surface area (Å²) in [4.78, 5) is 32.9. The minimum absolute atomic E-state index is 0.0847. The van der Waals surface area contributed by atoms with Crippen molar-refractivity contribution in [2.24, 2.45) is 0 Å². The van der Waals surface area contributed by atoms with Gasteiger partial charge in [0, 0.05) is 24.6 Å². The molecule has 0 bridgehead atoms. The van der Waals surface area contributed by atoms with Gasteiger partial charge in [0.15, 0.2) is 0 Å². The molecule has 1 aliphatic carbocycles. The summed E-state index contributed by atoms with van der Waals surface area (Å²) in [5, 5.41) is 14.2. The second-order valence-electron chi connectivity index (χ2n) is 8.50. The van der Waals surface area contributed by atoms with Crippen molar-refractivity contribution < 1.29 is 14.7 Å². The van der Waals surface area contributed by atoms with E-state index in [0.29, 0.717) is 25.8 Å². The van der Waals surface area contributed by atoms with Gasteiger partial charge in [-0.1, -0.05) is 43.5 Å². The molecule has 2 fully saturated rings. The molecule has 1 saturated heterocycles. The van der Waals surface area contributed by atoms with Crippen LogP contribution in [-0.2, 0) is 15.0 Å². The lowest BCUT2D eigenvalue weighted by atomic mass is 9.72. The molecule has 2 unspecified atom stereocenters. The Morgan fingerprint density at radius 1 is 1.10 bits per heavy atom. The number of aliphatic hydroxyl groups is 1. The van der Waals surface area contributed by atoms with E-state index in [0.717, 1.165) is 36.1 Å². The van der Waals surface area contributed by atoms with Crippen molar-refractivity contribution >= 4 is 17.5 Å². The van der Waals surface area contributed by atoms with Crippen LogP contribution in [0.2, 0.25) is 0 Å². The number of benzene rings is 1. The zero-order valence-electron chi connectivity index (χ0n) is 16.3. The molecule has 1 aromatic carbocycles. The molecule has 6 nitrogen and oxygen atoms in total. The van der Waals surface area contributed by atoms with Crippen LogP contribution in [0, 0.1) is 0 Å². The van der Waals surface area contributed by atoms with Gasteiger partial charge in [-0.3, -0.25) is 14.6 Å². The largest absolute Gasteiger partial charge is 0.380 e. The molecule has 1 spiro atoms. The van der Waals surface area contributed by atoms with Crippen LogP contribution in [0.5, 0.6) is 0 Å². The van der Waals surface area contributed by atoms with Gasteiger partial charge >= 0.3 is 0 Å². The molecule has 0 radical (unpaired) electrons. The van der Waals surface area contributed by atoms with Gasteiger partial charge in [-0.2, -0.15) is 0 Å². The summed E-state index contributed by atoms with van der Waals surface area (Å²) in [7, 11) is 0. The van der Waals surface area contributed by atoms with E-state index in [1.807, 2.05) is 36.4 Å². The number of para-hydroxylation sites is 1. The summed E-state index contributed by atoms with van der Waals surface area (Å²) in [6.07, 6.45) is 7.66. The van der Waals surface area contributed by atoms with Crippen molar-refractivity contribution in [1.82, 2.24) is 9.88 Å². The average molecular weight is 391 g/mol. The molecule has 1 aromatic heterocycles. The van der Waals surface area contributed by atoms with Gasteiger partial charge in [-0.05, 0) is 42.5 Å². The average Bonchev–Trinajstić information content (AvgIpc) is 3.28. The molecule has 2 amide bonds. The number of fused-ring (bicyclic) bond motifs is 2. The number of likely N-dealkylation sites (tertiary alicyclic amines) is 1. The lowest BCUT2D eigenvalue weighted by Crippen LogP contribution is -2.52. The number of hydrogen-bond acceptors (Lipinski definition) is 4. The lowest BCUT2D eigenvalue weighted by molar-refractivity contribution is -0.156. The zero-order chi connectivity index (χ0) is 20.1. The first-order chi connectivity index (χ1) is 14.1. The highest BCUT2D eigenvalue weighted by atomic mass is 16.3. The molecule has 5 rings (SSSR count). The number of aromatic nitrogens is 1. The summed E-state index contributed by atoms with van der Waals surface area (Å²) in [5.74, 6) is -0.335. The quantitative estimate of drug-likeness (QED) is 0.825. The standard InChI is InChI=1S/C23H25N3O3/c27-20-23(17-8-2-3-9-18(17)25-20)12-14-26(19(23)16-7-6-13-24-15-16)21(28)22(29)10-4-1-5-11-22/h2-3,6-9,13,15,19,29H,1,4-5,10-12,14H2,(H,25,27). The molecular formula is C23H25N3O3. The Morgan fingerprint density at radius 2 is 1.90 bits per heavy atom. The Hall–Kier alpha value is -2.73. The number of rotatable bonds is 2. The maximum Gasteiger partial charge on any atom is 0.255 e. The smallest absolute Gasteiger partial charge is 0.255 e. The van der Waals surface area contributed by atoms with Gasteiger partial charge in [-0.15, -0.1) is 0 Å². The van der Waals surface area contributed by atoms with E-state index in [9.17, 15) is 14.7 Å². The monoisotopic (exact) mass is 391 g/mol. The highest BCUT2D eigenvalue weighted by Gasteiger charge is 2.60. The fourth-order valence-electron chi connectivity index (χ4n) is 5.52. The third-order valence-electron chi connectivity index (χ3n) is 6.93. The number of carbonyl (C=O) groups excluding carboxylic acids is 2. The fraction of sp³-hybridized carbons (Fsp3) is 0.435. The van der Waals surface area contributed by atoms with Crippen molar-refractivity contribution in [2.45, 2.75) is 55.6 Å². The summed E-state index contributed by atoms with van der Waals surface area (Å²) in [5.41, 5.74) is 0.352. The third-order valence-corrected chi connectivity index (χ3v) is 6.93. The fourth-order valence-corrected chi connectivity index (χ4v) is 5.52. The van der Waals surface area contributed by atoms with Crippen LogP contribution in [0.1, 0.15) is 55.7 Å². The minimum Gasteiger partial charge on any atom is -0.380 e. The zero-order valence-corrected chi connectivity index (χ0v) is 16.3. The van der Waals surface area contributed by atoms with E-state index in [-0.39, 0.29) is 11.8 Å². The highest BCUT2D eigenvalue weighted by molar-refractivity contribution is 6.08. The predicted octanol–water partition coefficient (Wildman–Crippen LogP) is 2.94. The summed E-state index contributed by atoms with van der Waals surface area (Å²) in [6, 6.07) is 11.0. The van der Waals surface area contributed by atoms with E-state index in [1.54, 1.807) is 17.3 Å². The normalized spacial score (nSPS) is 27.7. The molecule has 3 aliphatic rings. The first-order valence-electron chi connectivity index (χ1n) is 10.4. The second-order valence-corrected chi connectivity index (χ2v) is 8.50. The van der Waals surface area contributed by atoms with E-state index in [4.69, 9.17) is 0 Å². The Balaban J connectivity index is 1.63. The van der Waals surface area contributed by atoms with Crippen LogP contribution < -0.4 is 5.32 Å². The van der Waals surface area contributed by atoms with Crippen molar-refractivity contribution in [3.63, 3.8) is 0 Å². The molecule has 2 aliphatic heterocycles. The Labute approximate surface area is 169 Å². The van der Waals surface area contributed by atoms with Crippen LogP contribution in [0.25, 0.3) is 0 Å². The van der Waals surface area contributed by atoms with Gasteiger partial charge in [-0.25, -0.2) is 0 Å². The van der Waals surface area contributed by atoms with Crippen LogP contribution in [-0.4, -0.2) is 39.0 Å². The van der Waals surface area contributed by atoms with Gasteiger partial charge in [0.05, 0.1) is 6.04 Å². The minimum atomic E-state index is -1.33. The molecule has 1 saturated carbocycles. The summed E-state index contributed by atoms with van der Waals surface area (Å²) < 4.78 is 0. The van der Waals surface area contributed by atoms with Gasteiger partial charge in [0.2, 0.25) is 5.91 Å². The van der Waals surface area contributed by atoms with Gasteiger partial charge in [0.1, 0.15) is 11.0 Å². The first-order valence-corrected chi connectivity index (χ1v) is 10.4. The highest BCUT2D eigenvalue weighted by Crippen LogP contribution is 2.55. The number of nitrogens with one attached hydrogen (secondary N) is 1. The van der Waals surface area contributed by atoms with Crippen LogP contribution >= 0.6 is 0 Å². The van der Waals surface area contributed by atoms with Crippen molar-refractivity contribution in [3.8, 4) is 0 Å². The first kappa shape index (κ1) is 18.3. The Kier molecular flexibility index (Phi) is 4.21. The van der Waals surface area contributed by atoms with E-state index >= 15 is 0 Å². The molecule has 2 atom stereocenters. The van der Waals surface area contributed by atoms with Crippen LogP contribution in [0.15, 0.2) is 48.8 Å². The van der Waals surface area contributed by atoms with E-state index < -0.39 is 17.1 Å². The number of anilines is 1. The number of pyridine rings is 1. The van der Waals surface area contributed by atoms with Crippen LogP contribution in [0.4, 0.5) is 5.69 Å². The number of amides is 2. The molecule has 2 aromatic rings. The van der Waals surface area contributed by atoms with E-state index in [1.165, 1.54) is 0 Å². The molecule has 3 heterocycles. The number of hydrogen-bond donors (Lipinski definition) is 2. The van der Waals surface area contributed by atoms with E-state index in [2.05, 4.69) is 10.3 Å². The lowest BCUT2D eigenvalue weighted by Gasteiger charge is -2.39. The molecule has 2 N–H and O–H groups in total. The summed E-state index contributed by atoms with van der Waals surface area (Å²) in [6.45, 7) is 0.433. The van der Waals surface area contributed by atoms with Crippen molar-refractivity contribution in [2.75, 3.05) is 11.9 Å². The molecule has 29 heavy (non-hydrogen) atoms. The summed E-state index contributed by atoms with van der Waals surface area (Å²) >= 11 is 0. The molecule has 150 valence electrons. The molecule has 6 heteroatoms. The Bertz CT molecular complexity index is 955. The molecular weight excluding hydrogens is 366 g/mol. The number of carbonyl (C=O) groups is 2. The SMILES string of the molecule is O=C(N1CCC2(C(=O)Nc3ccccc32)C1c1cccnc1)C1(O)CCCCC1. The maximum atomic E-state index is 13.6. The van der Waals surface area contributed by atoms with Gasteiger partial charge in [0.25, 0.3) is 5.91 Å². The van der Waals surface area contributed by atoms with Crippen LogP contribution in [0.3, 0.4) is 0 Å². The Morgan fingerprint density at radius 3 is 2.66 bits per heavy atom. The number of nitrogens with zero attached hydrogens (tertiary/aromatic N) is 2. The maximum absolute atomic E-state index is 13.6. The van der Waals surface area contributed by atoms with Crippen molar-refractivity contribution in [3.05, 3.63) is 59.9 Å². The third kappa shape index (κ3) is 2.62. The second kappa shape index (κ2) is 6.66. The van der Waals surface area contributed by atoms with Crippen molar-refractivity contribution in [1.29, 1.82) is 0 Å². The topological polar surface area (TPSA) is 82.5 Å². The predicted molar refractivity (Wildman–Crippen MR) is 108 cm³/mol.